The van der Waals surface area contributed by atoms with E-state index < -0.39 is 32.4 Å². The van der Waals surface area contributed by atoms with Gasteiger partial charge < -0.3 is 14.8 Å². The second-order valence-electron chi connectivity index (χ2n) is 4.98. The monoisotopic (exact) mass is 343 g/mol. The van der Waals surface area contributed by atoms with Gasteiger partial charge in [0.2, 0.25) is 0 Å². The number of rotatable bonds is 4. The molecule has 0 saturated carbocycles. The Kier molecular flexibility index (Phi) is 5.49. The summed E-state index contributed by atoms with van der Waals surface area (Å²) in [5.41, 5.74) is 0.204. The molecule has 0 unspecified atom stereocenters. The molecule has 0 spiro atoms. The van der Waals surface area contributed by atoms with Crippen LogP contribution in [0.5, 0.6) is 0 Å². The summed E-state index contributed by atoms with van der Waals surface area (Å²) in [7, 11) is -1.83. The number of hydrogen-bond acceptors (Lipinski definition) is 7. The third-order valence-corrected chi connectivity index (χ3v) is 5.55. The molecule has 1 amide bonds. The highest BCUT2D eigenvalue weighted by Crippen LogP contribution is 2.27. The zero-order valence-corrected chi connectivity index (χ0v) is 13.9. The van der Waals surface area contributed by atoms with Gasteiger partial charge >= 0.3 is 17.8 Å². The van der Waals surface area contributed by atoms with Crippen molar-refractivity contribution in [1.82, 2.24) is 0 Å². The number of hydrogen-bond donors (Lipinski definition) is 1. The number of amides is 1. The van der Waals surface area contributed by atoms with Crippen LogP contribution in [0.15, 0.2) is 29.2 Å². The maximum absolute atomic E-state index is 12.5. The molecule has 0 radical (unpaired) electrons. The van der Waals surface area contributed by atoms with Gasteiger partial charge in [0.1, 0.15) is 0 Å². The summed E-state index contributed by atoms with van der Waals surface area (Å²) >= 11 is 0. The van der Waals surface area contributed by atoms with Crippen molar-refractivity contribution < 1.29 is 32.3 Å². The molecule has 0 heterocycles. The predicted octanol–water partition coefficient (Wildman–Crippen LogP) is 0.523. The van der Waals surface area contributed by atoms with E-state index in [2.05, 4.69) is 14.8 Å². The zero-order chi connectivity index (χ0) is 17.8. The Morgan fingerprint density at radius 2 is 1.52 bits per heavy atom. The summed E-state index contributed by atoms with van der Waals surface area (Å²) in [6.45, 7) is 2.47. The minimum atomic E-state index is -3.99. The van der Waals surface area contributed by atoms with Crippen LogP contribution < -0.4 is 5.32 Å². The highest BCUT2D eigenvalue weighted by atomic mass is 32.2. The number of methoxy groups -OCH3 is 2. The predicted molar refractivity (Wildman–Crippen MR) is 80.4 cm³/mol. The summed E-state index contributed by atoms with van der Waals surface area (Å²) < 4.78 is 32.0. The van der Waals surface area contributed by atoms with Crippen molar-refractivity contribution in [2.45, 2.75) is 23.5 Å². The van der Waals surface area contributed by atoms with Crippen LogP contribution in [0.4, 0.5) is 5.69 Å². The number of carbonyl (C=O) groups excluding carboxylic acids is 3. The van der Waals surface area contributed by atoms with Gasteiger partial charge in [-0.1, -0.05) is 0 Å². The second kappa shape index (κ2) is 6.78. The number of benzene rings is 1. The molecule has 9 heteroatoms. The molecule has 1 rings (SSSR count). The molecule has 1 aromatic carbocycles. The topological polar surface area (TPSA) is 116 Å². The van der Waals surface area contributed by atoms with E-state index in [4.69, 9.17) is 0 Å². The van der Waals surface area contributed by atoms with Gasteiger partial charge in [-0.2, -0.15) is 0 Å². The van der Waals surface area contributed by atoms with E-state index in [0.29, 0.717) is 0 Å². The molecule has 1 N–H and O–H groups in total. The molecule has 0 atom stereocenters. The van der Waals surface area contributed by atoms with Gasteiger partial charge in [0.15, 0.2) is 14.6 Å². The van der Waals surface area contributed by atoms with Crippen molar-refractivity contribution in [3.8, 4) is 0 Å². The summed E-state index contributed by atoms with van der Waals surface area (Å²) in [6.07, 6.45) is 0. The zero-order valence-electron chi connectivity index (χ0n) is 13.1. The minimum absolute atomic E-state index is 0.121. The van der Waals surface area contributed by atoms with Gasteiger partial charge in [0.25, 0.3) is 0 Å². The molecule has 23 heavy (non-hydrogen) atoms. The molecular weight excluding hydrogens is 326 g/mol. The van der Waals surface area contributed by atoms with Crippen LogP contribution in [0, 0.1) is 0 Å². The maximum atomic E-state index is 12.5. The molecule has 126 valence electrons. The highest BCUT2D eigenvalue weighted by molar-refractivity contribution is 7.93. The normalized spacial score (nSPS) is 11.5. The molecule has 0 bridgehead atoms. The first-order valence-electron chi connectivity index (χ1n) is 6.40. The van der Waals surface area contributed by atoms with Gasteiger partial charge in [0, 0.05) is 5.69 Å². The fourth-order valence-corrected chi connectivity index (χ4v) is 3.03. The van der Waals surface area contributed by atoms with Crippen molar-refractivity contribution in [3.05, 3.63) is 24.3 Å². The van der Waals surface area contributed by atoms with Crippen molar-refractivity contribution in [2.75, 3.05) is 19.5 Å². The van der Waals surface area contributed by atoms with Gasteiger partial charge in [-0.05, 0) is 38.1 Å². The molecule has 0 aliphatic rings. The van der Waals surface area contributed by atoms with Gasteiger partial charge in [-0.25, -0.2) is 13.2 Å². The van der Waals surface area contributed by atoms with Gasteiger partial charge in [-0.15, -0.1) is 0 Å². The van der Waals surface area contributed by atoms with Gasteiger partial charge in [-0.3, -0.25) is 9.59 Å². The standard InChI is InChI=1S/C14H17NO7S/c1-14(2,13(18)22-4)23(19,20)10-7-5-9(6-8-10)15-11(16)12(17)21-3/h5-8H,1-4H3,(H,15,16). The summed E-state index contributed by atoms with van der Waals surface area (Å²) in [5.74, 6) is -2.95. The van der Waals surface area contributed by atoms with Crippen molar-refractivity contribution in [1.29, 1.82) is 0 Å². The van der Waals surface area contributed by atoms with Crippen LogP contribution in [-0.4, -0.2) is 45.2 Å². The van der Waals surface area contributed by atoms with Crippen LogP contribution in [0.3, 0.4) is 0 Å². The lowest BCUT2D eigenvalue weighted by Crippen LogP contribution is -2.41. The molecule has 0 saturated heterocycles. The van der Waals surface area contributed by atoms with E-state index in [9.17, 15) is 22.8 Å². The molecule has 0 fully saturated rings. The number of esters is 2. The molecule has 8 nitrogen and oxygen atoms in total. The van der Waals surface area contributed by atoms with E-state index in [0.717, 1.165) is 14.2 Å². The summed E-state index contributed by atoms with van der Waals surface area (Å²) in [6, 6.07) is 5.02. The fraction of sp³-hybridized carbons (Fsp3) is 0.357. The quantitative estimate of drug-likeness (QED) is 0.626. The minimum Gasteiger partial charge on any atom is -0.468 e. The van der Waals surface area contributed by atoms with Crippen LogP contribution >= 0.6 is 0 Å². The smallest absolute Gasteiger partial charge is 0.396 e. The Hall–Kier alpha value is -2.42. The van der Waals surface area contributed by atoms with Crippen LogP contribution in [0.25, 0.3) is 0 Å². The third-order valence-electron chi connectivity index (χ3n) is 3.14. The first kappa shape index (κ1) is 18.6. The van der Waals surface area contributed by atoms with Crippen LogP contribution in [0.2, 0.25) is 0 Å². The lowest BCUT2D eigenvalue weighted by atomic mass is 10.2. The maximum Gasteiger partial charge on any atom is 0.396 e. The number of ether oxygens (including phenoxy) is 2. The largest absolute Gasteiger partial charge is 0.468 e. The van der Waals surface area contributed by atoms with Crippen molar-refractivity contribution in [2.24, 2.45) is 0 Å². The lowest BCUT2D eigenvalue weighted by Gasteiger charge is -2.21. The molecule has 1 aromatic rings. The molecule has 0 aliphatic carbocycles. The molecular formula is C14H17NO7S. The van der Waals surface area contributed by atoms with E-state index in [-0.39, 0.29) is 10.6 Å². The van der Waals surface area contributed by atoms with Crippen molar-refractivity contribution >= 4 is 33.4 Å². The average Bonchev–Trinajstić information content (AvgIpc) is 2.53. The number of nitrogens with one attached hydrogen (secondary N) is 1. The number of anilines is 1. The Balaban J connectivity index is 3.07. The van der Waals surface area contributed by atoms with E-state index >= 15 is 0 Å². The lowest BCUT2D eigenvalue weighted by molar-refractivity contribution is -0.150. The third kappa shape index (κ3) is 3.67. The first-order chi connectivity index (χ1) is 10.6. The Labute approximate surface area is 133 Å². The summed E-state index contributed by atoms with van der Waals surface area (Å²) in [4.78, 5) is 33.9. The van der Waals surface area contributed by atoms with Gasteiger partial charge in [0.05, 0.1) is 19.1 Å². The van der Waals surface area contributed by atoms with E-state index in [1.165, 1.54) is 38.1 Å². The molecule has 0 aliphatic heterocycles. The summed E-state index contributed by atoms with van der Waals surface area (Å²) in [5, 5.41) is 2.24. The highest BCUT2D eigenvalue weighted by Gasteiger charge is 2.43. The van der Waals surface area contributed by atoms with Crippen molar-refractivity contribution in [3.63, 3.8) is 0 Å². The van der Waals surface area contributed by atoms with Crippen LogP contribution in [0.1, 0.15) is 13.8 Å². The number of carbonyl (C=O) groups is 3. The number of sulfone groups is 1. The van der Waals surface area contributed by atoms with Crippen LogP contribution in [-0.2, 0) is 33.7 Å². The Bertz CT molecular complexity index is 720. The second-order valence-corrected chi connectivity index (χ2v) is 7.47. The average molecular weight is 343 g/mol. The fourth-order valence-electron chi connectivity index (χ4n) is 1.64. The van der Waals surface area contributed by atoms with E-state index in [1.807, 2.05) is 0 Å². The Morgan fingerprint density at radius 1 is 1.00 bits per heavy atom. The van der Waals surface area contributed by atoms with E-state index in [1.54, 1.807) is 0 Å². The Morgan fingerprint density at radius 3 is 1.96 bits per heavy atom. The SMILES string of the molecule is COC(=O)C(=O)Nc1ccc(S(=O)(=O)C(C)(C)C(=O)OC)cc1. The molecule has 0 aromatic heterocycles. The first-order valence-corrected chi connectivity index (χ1v) is 7.88.